The number of likely N-dealkylation sites (tertiary alicyclic amines) is 1. The van der Waals surface area contributed by atoms with Gasteiger partial charge in [0.05, 0.1) is 12.2 Å². The number of hydrogen-bond donors (Lipinski definition) is 2. The van der Waals surface area contributed by atoms with Crippen molar-refractivity contribution in [3.8, 4) is 0 Å². The standard InChI is InChI=1S/C15H22BrNO2/c1-11(18)13-5-3-7-17(9-13)10-15(19)12-4-2-6-14(16)8-12/h2,4,6,8,11,13,15,18-19H,3,5,7,9-10H2,1H3. The van der Waals surface area contributed by atoms with E-state index in [2.05, 4.69) is 20.8 Å². The zero-order valence-corrected chi connectivity index (χ0v) is 12.9. The first-order chi connectivity index (χ1) is 9.06. The van der Waals surface area contributed by atoms with E-state index >= 15 is 0 Å². The lowest BCUT2D eigenvalue weighted by Crippen LogP contribution is -2.41. The molecular weight excluding hydrogens is 306 g/mol. The number of hydrogen-bond acceptors (Lipinski definition) is 3. The summed E-state index contributed by atoms with van der Waals surface area (Å²) in [6.07, 6.45) is 1.46. The molecule has 1 aromatic rings. The second kappa shape index (κ2) is 6.84. The van der Waals surface area contributed by atoms with Gasteiger partial charge in [0.25, 0.3) is 0 Å². The van der Waals surface area contributed by atoms with Crippen molar-refractivity contribution in [2.75, 3.05) is 19.6 Å². The highest BCUT2D eigenvalue weighted by Gasteiger charge is 2.25. The Morgan fingerprint density at radius 3 is 2.89 bits per heavy atom. The van der Waals surface area contributed by atoms with E-state index in [9.17, 15) is 10.2 Å². The fraction of sp³-hybridized carbons (Fsp3) is 0.600. The molecule has 3 atom stereocenters. The van der Waals surface area contributed by atoms with E-state index in [0.29, 0.717) is 12.5 Å². The van der Waals surface area contributed by atoms with Gasteiger partial charge in [-0.05, 0) is 49.9 Å². The summed E-state index contributed by atoms with van der Waals surface area (Å²) >= 11 is 3.43. The topological polar surface area (TPSA) is 43.7 Å². The largest absolute Gasteiger partial charge is 0.393 e. The van der Waals surface area contributed by atoms with E-state index in [1.165, 1.54) is 0 Å². The minimum Gasteiger partial charge on any atom is -0.393 e. The van der Waals surface area contributed by atoms with Gasteiger partial charge >= 0.3 is 0 Å². The highest BCUT2D eigenvalue weighted by atomic mass is 79.9. The van der Waals surface area contributed by atoms with Crippen molar-refractivity contribution in [3.05, 3.63) is 34.3 Å². The van der Waals surface area contributed by atoms with Crippen LogP contribution < -0.4 is 0 Å². The Morgan fingerprint density at radius 2 is 2.21 bits per heavy atom. The van der Waals surface area contributed by atoms with E-state index in [4.69, 9.17) is 0 Å². The molecule has 1 aliphatic heterocycles. The number of benzene rings is 1. The fourth-order valence-corrected chi connectivity index (χ4v) is 3.13. The van der Waals surface area contributed by atoms with Gasteiger partial charge in [0.15, 0.2) is 0 Å². The van der Waals surface area contributed by atoms with Crippen LogP contribution in [0.3, 0.4) is 0 Å². The third kappa shape index (κ3) is 4.28. The summed E-state index contributed by atoms with van der Waals surface area (Å²) in [5.74, 6) is 0.337. The molecule has 106 valence electrons. The predicted molar refractivity (Wildman–Crippen MR) is 79.9 cm³/mol. The van der Waals surface area contributed by atoms with E-state index in [0.717, 1.165) is 36.0 Å². The normalized spacial score (nSPS) is 24.1. The Kier molecular flexibility index (Phi) is 5.39. The Morgan fingerprint density at radius 1 is 1.42 bits per heavy atom. The Labute approximate surface area is 123 Å². The molecule has 0 aliphatic carbocycles. The second-order valence-electron chi connectivity index (χ2n) is 5.47. The lowest BCUT2D eigenvalue weighted by molar-refractivity contribution is 0.0377. The molecule has 4 heteroatoms. The summed E-state index contributed by atoms with van der Waals surface area (Å²) in [5.41, 5.74) is 0.938. The summed E-state index contributed by atoms with van der Waals surface area (Å²) in [6.45, 7) is 4.38. The molecule has 0 bridgehead atoms. The predicted octanol–water partition coefficient (Wildman–Crippen LogP) is 2.58. The Hall–Kier alpha value is -0.420. The van der Waals surface area contributed by atoms with Crippen molar-refractivity contribution in [1.29, 1.82) is 0 Å². The molecule has 3 nitrogen and oxygen atoms in total. The van der Waals surface area contributed by atoms with Crippen molar-refractivity contribution in [1.82, 2.24) is 4.90 Å². The minimum absolute atomic E-state index is 0.259. The van der Waals surface area contributed by atoms with Crippen LogP contribution in [0.25, 0.3) is 0 Å². The molecule has 0 spiro atoms. The molecule has 1 heterocycles. The molecule has 2 N–H and O–H groups in total. The smallest absolute Gasteiger partial charge is 0.0917 e. The molecule has 0 aromatic heterocycles. The van der Waals surface area contributed by atoms with Gasteiger partial charge in [-0.2, -0.15) is 0 Å². The molecule has 1 saturated heterocycles. The maximum atomic E-state index is 10.3. The Bertz CT molecular complexity index is 411. The second-order valence-corrected chi connectivity index (χ2v) is 6.39. The highest BCUT2D eigenvalue weighted by molar-refractivity contribution is 9.10. The van der Waals surface area contributed by atoms with Crippen LogP contribution in [0.5, 0.6) is 0 Å². The van der Waals surface area contributed by atoms with Gasteiger partial charge in [-0.25, -0.2) is 0 Å². The summed E-state index contributed by atoms with van der Waals surface area (Å²) in [5, 5.41) is 20.0. The zero-order chi connectivity index (χ0) is 13.8. The van der Waals surface area contributed by atoms with Gasteiger partial charge in [0, 0.05) is 17.6 Å². The molecule has 1 aliphatic rings. The summed E-state index contributed by atoms with van der Waals surface area (Å²) in [4.78, 5) is 2.26. The lowest BCUT2D eigenvalue weighted by Gasteiger charge is -2.35. The van der Waals surface area contributed by atoms with Crippen LogP contribution in [-0.2, 0) is 0 Å². The molecular formula is C15H22BrNO2. The molecule has 1 fully saturated rings. The molecule has 1 aromatic carbocycles. The van der Waals surface area contributed by atoms with E-state index in [-0.39, 0.29) is 6.10 Å². The molecule has 2 rings (SSSR count). The molecule has 0 amide bonds. The molecule has 0 saturated carbocycles. The van der Waals surface area contributed by atoms with Crippen LogP contribution >= 0.6 is 15.9 Å². The lowest BCUT2D eigenvalue weighted by atomic mass is 9.93. The molecule has 3 unspecified atom stereocenters. The van der Waals surface area contributed by atoms with Crippen LogP contribution in [0.4, 0.5) is 0 Å². The van der Waals surface area contributed by atoms with Crippen LogP contribution in [-0.4, -0.2) is 40.9 Å². The van der Waals surface area contributed by atoms with Crippen LogP contribution in [0.2, 0.25) is 0 Å². The van der Waals surface area contributed by atoms with Crippen LogP contribution in [0.1, 0.15) is 31.4 Å². The number of piperidine rings is 1. The number of aliphatic hydroxyl groups excluding tert-OH is 2. The van der Waals surface area contributed by atoms with Gasteiger partial charge in [-0.3, -0.25) is 0 Å². The quantitative estimate of drug-likeness (QED) is 0.893. The van der Waals surface area contributed by atoms with Gasteiger partial charge in [-0.1, -0.05) is 28.1 Å². The van der Waals surface area contributed by atoms with Crippen molar-refractivity contribution in [3.63, 3.8) is 0 Å². The average molecular weight is 328 g/mol. The number of rotatable bonds is 4. The number of halogens is 1. The van der Waals surface area contributed by atoms with E-state index < -0.39 is 6.10 Å². The van der Waals surface area contributed by atoms with Crippen molar-refractivity contribution >= 4 is 15.9 Å². The van der Waals surface area contributed by atoms with Crippen LogP contribution in [0, 0.1) is 5.92 Å². The third-order valence-electron chi connectivity index (χ3n) is 3.89. The summed E-state index contributed by atoms with van der Waals surface area (Å²) < 4.78 is 0.990. The van der Waals surface area contributed by atoms with Crippen LogP contribution in [0.15, 0.2) is 28.7 Å². The SMILES string of the molecule is CC(O)C1CCCN(CC(O)c2cccc(Br)c2)C1. The van der Waals surface area contributed by atoms with Crippen molar-refractivity contribution in [2.24, 2.45) is 5.92 Å². The molecule has 19 heavy (non-hydrogen) atoms. The molecule has 0 radical (unpaired) electrons. The maximum absolute atomic E-state index is 10.3. The van der Waals surface area contributed by atoms with E-state index in [1.807, 2.05) is 31.2 Å². The zero-order valence-electron chi connectivity index (χ0n) is 11.3. The van der Waals surface area contributed by atoms with Crippen molar-refractivity contribution in [2.45, 2.75) is 32.0 Å². The highest BCUT2D eigenvalue weighted by Crippen LogP contribution is 2.23. The summed E-state index contributed by atoms with van der Waals surface area (Å²) in [6, 6.07) is 7.81. The number of β-amino-alcohol motifs (C(OH)–C–C–N with tert-alkyl or cyclic N) is 1. The number of aliphatic hydroxyl groups is 2. The number of nitrogens with zero attached hydrogens (tertiary/aromatic N) is 1. The third-order valence-corrected chi connectivity index (χ3v) is 4.38. The maximum Gasteiger partial charge on any atom is 0.0917 e. The van der Waals surface area contributed by atoms with E-state index in [1.54, 1.807) is 0 Å². The van der Waals surface area contributed by atoms with Gasteiger partial charge in [0.1, 0.15) is 0 Å². The fourth-order valence-electron chi connectivity index (χ4n) is 2.71. The van der Waals surface area contributed by atoms with Gasteiger partial charge < -0.3 is 15.1 Å². The first kappa shape index (κ1) is 15.0. The van der Waals surface area contributed by atoms with Gasteiger partial charge in [0.2, 0.25) is 0 Å². The Balaban J connectivity index is 1.93. The van der Waals surface area contributed by atoms with Gasteiger partial charge in [-0.15, -0.1) is 0 Å². The first-order valence-electron chi connectivity index (χ1n) is 6.90. The monoisotopic (exact) mass is 327 g/mol. The van der Waals surface area contributed by atoms with Crippen molar-refractivity contribution < 1.29 is 10.2 Å². The summed E-state index contributed by atoms with van der Waals surface area (Å²) in [7, 11) is 0. The average Bonchev–Trinajstić information content (AvgIpc) is 2.39. The first-order valence-corrected chi connectivity index (χ1v) is 7.69. The minimum atomic E-state index is -0.467.